The lowest BCUT2D eigenvalue weighted by Gasteiger charge is -2.11. The Balaban J connectivity index is 0.00000441. The number of guanidine groups is 1. The Hall–Kier alpha value is -0.790. The summed E-state index contributed by atoms with van der Waals surface area (Å²) < 4.78 is 5.24. The van der Waals surface area contributed by atoms with E-state index in [2.05, 4.69) is 48.5 Å². The summed E-state index contributed by atoms with van der Waals surface area (Å²) in [7, 11) is 0. The average Bonchev–Trinajstić information content (AvgIpc) is 2.92. The van der Waals surface area contributed by atoms with Gasteiger partial charge in [0.1, 0.15) is 6.54 Å². The molecule has 0 radical (unpaired) electrons. The molecule has 1 aromatic rings. The van der Waals surface area contributed by atoms with E-state index in [9.17, 15) is 0 Å². The lowest BCUT2D eigenvalue weighted by atomic mass is 10.1. The van der Waals surface area contributed by atoms with Gasteiger partial charge in [0, 0.05) is 19.2 Å². The first-order valence-electron chi connectivity index (χ1n) is 8.12. The van der Waals surface area contributed by atoms with E-state index in [0.717, 1.165) is 42.8 Å². The number of hydrogen-bond donors (Lipinski definition) is 2. The van der Waals surface area contributed by atoms with Crippen LogP contribution in [0, 0.1) is 5.92 Å². The largest absolute Gasteiger partial charge is 0.359 e. The SMILES string of the molecule is CCNC(=NCc1cc(CC)no1)NCCCCC(C)C.I. The zero-order valence-corrected chi connectivity index (χ0v) is 16.6. The Morgan fingerprint density at radius 3 is 2.64 bits per heavy atom. The lowest BCUT2D eigenvalue weighted by molar-refractivity contribution is 0.379. The molecule has 128 valence electrons. The Bertz CT molecular complexity index is 418. The van der Waals surface area contributed by atoms with Crippen LogP contribution in [0.1, 0.15) is 58.4 Å². The highest BCUT2D eigenvalue weighted by atomic mass is 127. The predicted octanol–water partition coefficient (Wildman–Crippen LogP) is 3.74. The summed E-state index contributed by atoms with van der Waals surface area (Å²) in [6.07, 6.45) is 4.60. The zero-order valence-electron chi connectivity index (χ0n) is 14.3. The van der Waals surface area contributed by atoms with Crippen LogP contribution in [0.2, 0.25) is 0 Å². The maximum atomic E-state index is 5.24. The van der Waals surface area contributed by atoms with Crippen molar-refractivity contribution in [3.05, 3.63) is 17.5 Å². The first kappa shape index (κ1) is 21.2. The molecule has 2 N–H and O–H groups in total. The van der Waals surface area contributed by atoms with Gasteiger partial charge in [0.15, 0.2) is 11.7 Å². The number of aliphatic imine (C=N–C) groups is 1. The number of aromatic nitrogens is 1. The molecule has 0 aromatic carbocycles. The highest BCUT2D eigenvalue weighted by Gasteiger charge is 2.03. The first-order chi connectivity index (χ1) is 10.2. The smallest absolute Gasteiger partial charge is 0.191 e. The fraction of sp³-hybridized carbons (Fsp3) is 0.750. The molecule has 0 aliphatic carbocycles. The quantitative estimate of drug-likeness (QED) is 0.276. The monoisotopic (exact) mass is 422 g/mol. The molecule has 0 aliphatic heterocycles. The van der Waals surface area contributed by atoms with Crippen LogP contribution in [0.5, 0.6) is 0 Å². The predicted molar refractivity (Wildman–Crippen MR) is 103 cm³/mol. The van der Waals surface area contributed by atoms with E-state index in [1.54, 1.807) is 0 Å². The molecule has 1 aromatic heterocycles. The van der Waals surface area contributed by atoms with Gasteiger partial charge in [-0.2, -0.15) is 0 Å². The Kier molecular flexibility index (Phi) is 12.3. The van der Waals surface area contributed by atoms with E-state index in [-0.39, 0.29) is 24.0 Å². The summed E-state index contributed by atoms with van der Waals surface area (Å²) >= 11 is 0. The number of unbranched alkanes of at least 4 members (excludes halogenated alkanes) is 1. The van der Waals surface area contributed by atoms with Crippen LogP contribution in [0.4, 0.5) is 0 Å². The van der Waals surface area contributed by atoms with Crippen LogP contribution in [-0.4, -0.2) is 24.2 Å². The van der Waals surface area contributed by atoms with Crippen LogP contribution in [-0.2, 0) is 13.0 Å². The summed E-state index contributed by atoms with van der Waals surface area (Å²) in [6.45, 7) is 11.0. The van der Waals surface area contributed by atoms with Crippen molar-refractivity contribution in [3.63, 3.8) is 0 Å². The van der Waals surface area contributed by atoms with Crippen LogP contribution < -0.4 is 10.6 Å². The van der Waals surface area contributed by atoms with E-state index in [1.807, 2.05) is 6.07 Å². The second-order valence-electron chi connectivity index (χ2n) is 5.65. The second-order valence-corrected chi connectivity index (χ2v) is 5.65. The Morgan fingerprint density at radius 1 is 1.27 bits per heavy atom. The van der Waals surface area contributed by atoms with E-state index >= 15 is 0 Å². The molecule has 0 saturated carbocycles. The fourth-order valence-electron chi connectivity index (χ4n) is 1.98. The third kappa shape index (κ3) is 9.27. The van der Waals surface area contributed by atoms with Crippen molar-refractivity contribution in [1.82, 2.24) is 15.8 Å². The van der Waals surface area contributed by atoms with Gasteiger partial charge >= 0.3 is 0 Å². The lowest BCUT2D eigenvalue weighted by Crippen LogP contribution is -2.37. The van der Waals surface area contributed by atoms with Crippen molar-refractivity contribution in [2.24, 2.45) is 10.9 Å². The third-order valence-corrected chi connectivity index (χ3v) is 3.21. The first-order valence-corrected chi connectivity index (χ1v) is 8.12. The van der Waals surface area contributed by atoms with E-state index in [1.165, 1.54) is 19.3 Å². The van der Waals surface area contributed by atoms with Crippen LogP contribution >= 0.6 is 24.0 Å². The van der Waals surface area contributed by atoms with Gasteiger partial charge in [-0.25, -0.2) is 4.99 Å². The van der Waals surface area contributed by atoms with Gasteiger partial charge in [-0.3, -0.25) is 0 Å². The molecule has 0 amide bonds. The van der Waals surface area contributed by atoms with Gasteiger partial charge in [-0.15, -0.1) is 24.0 Å². The summed E-state index contributed by atoms with van der Waals surface area (Å²) in [6, 6.07) is 1.97. The topological polar surface area (TPSA) is 62.5 Å². The number of hydrogen-bond acceptors (Lipinski definition) is 3. The van der Waals surface area contributed by atoms with Gasteiger partial charge in [-0.1, -0.05) is 38.8 Å². The van der Waals surface area contributed by atoms with Gasteiger partial charge in [0.2, 0.25) is 0 Å². The molecule has 1 rings (SSSR count). The third-order valence-electron chi connectivity index (χ3n) is 3.21. The van der Waals surface area contributed by atoms with E-state index in [4.69, 9.17) is 4.52 Å². The van der Waals surface area contributed by atoms with Crippen molar-refractivity contribution in [1.29, 1.82) is 0 Å². The maximum Gasteiger partial charge on any atom is 0.191 e. The second kappa shape index (κ2) is 12.7. The van der Waals surface area contributed by atoms with Gasteiger partial charge < -0.3 is 15.2 Å². The summed E-state index contributed by atoms with van der Waals surface area (Å²) in [4.78, 5) is 4.52. The van der Waals surface area contributed by atoms with Crippen LogP contribution in [0.25, 0.3) is 0 Å². The van der Waals surface area contributed by atoms with E-state index < -0.39 is 0 Å². The molecule has 0 bridgehead atoms. The van der Waals surface area contributed by atoms with Crippen LogP contribution in [0.3, 0.4) is 0 Å². The van der Waals surface area contributed by atoms with Crippen molar-refractivity contribution in [2.45, 2.75) is 59.9 Å². The molecular formula is C16H31IN4O. The number of nitrogens with one attached hydrogen (secondary N) is 2. The minimum absolute atomic E-state index is 0. The Labute approximate surface area is 151 Å². The molecule has 0 saturated heterocycles. The van der Waals surface area contributed by atoms with Crippen molar-refractivity contribution < 1.29 is 4.52 Å². The number of aryl methyl sites for hydroxylation is 1. The average molecular weight is 422 g/mol. The molecule has 5 nitrogen and oxygen atoms in total. The van der Waals surface area contributed by atoms with Crippen LogP contribution in [0.15, 0.2) is 15.6 Å². The zero-order chi connectivity index (χ0) is 15.5. The minimum atomic E-state index is 0. The molecule has 1 heterocycles. The molecule has 0 unspecified atom stereocenters. The Morgan fingerprint density at radius 2 is 2.05 bits per heavy atom. The van der Waals surface area contributed by atoms with Crippen molar-refractivity contribution in [3.8, 4) is 0 Å². The summed E-state index contributed by atoms with van der Waals surface area (Å²) in [5.74, 6) is 2.44. The van der Waals surface area contributed by atoms with Gasteiger partial charge in [-0.05, 0) is 25.7 Å². The van der Waals surface area contributed by atoms with E-state index in [0.29, 0.717) is 6.54 Å². The molecule has 0 atom stereocenters. The maximum absolute atomic E-state index is 5.24. The number of rotatable bonds is 9. The highest BCUT2D eigenvalue weighted by molar-refractivity contribution is 14.0. The molecule has 6 heteroatoms. The highest BCUT2D eigenvalue weighted by Crippen LogP contribution is 2.06. The number of nitrogens with zero attached hydrogens (tertiary/aromatic N) is 2. The molecule has 0 aliphatic rings. The number of halogens is 1. The fourth-order valence-corrected chi connectivity index (χ4v) is 1.98. The molecule has 22 heavy (non-hydrogen) atoms. The molecular weight excluding hydrogens is 391 g/mol. The summed E-state index contributed by atoms with van der Waals surface area (Å²) in [5.41, 5.74) is 0.979. The van der Waals surface area contributed by atoms with Gasteiger partial charge in [0.05, 0.1) is 5.69 Å². The molecule has 0 fully saturated rings. The van der Waals surface area contributed by atoms with Gasteiger partial charge in [0.25, 0.3) is 0 Å². The normalized spacial score (nSPS) is 11.4. The minimum Gasteiger partial charge on any atom is -0.359 e. The van der Waals surface area contributed by atoms with Crippen molar-refractivity contribution in [2.75, 3.05) is 13.1 Å². The summed E-state index contributed by atoms with van der Waals surface area (Å²) in [5, 5.41) is 10.6. The molecule has 0 spiro atoms. The van der Waals surface area contributed by atoms with Crippen molar-refractivity contribution >= 4 is 29.9 Å². The standard InChI is InChI=1S/C16H30N4O.HI/c1-5-14-11-15(21-20-14)12-19-16(17-6-2)18-10-8-7-9-13(3)4;/h11,13H,5-10,12H2,1-4H3,(H2,17,18,19);1H.